The summed E-state index contributed by atoms with van der Waals surface area (Å²) in [6.45, 7) is 2.72. The first-order valence-electron chi connectivity index (χ1n) is 8.76. The van der Waals surface area contributed by atoms with E-state index >= 15 is 0 Å². The van der Waals surface area contributed by atoms with E-state index in [0.717, 1.165) is 24.3 Å². The minimum Gasteiger partial charge on any atom is -0.396 e. The van der Waals surface area contributed by atoms with Crippen molar-refractivity contribution in [2.75, 3.05) is 20.2 Å². The molecule has 1 unspecified atom stereocenters. The third-order valence-electron chi connectivity index (χ3n) is 5.05. The Morgan fingerprint density at radius 1 is 1.26 bits per heavy atom. The Bertz CT molecular complexity index is 470. The van der Waals surface area contributed by atoms with Gasteiger partial charge in [-0.1, -0.05) is 37.3 Å². The van der Waals surface area contributed by atoms with E-state index in [1.165, 1.54) is 12.8 Å². The molecule has 0 bridgehead atoms. The summed E-state index contributed by atoms with van der Waals surface area (Å²) in [5.74, 6) is 0.934. The van der Waals surface area contributed by atoms with Crippen molar-refractivity contribution in [1.29, 1.82) is 0 Å². The first-order chi connectivity index (χ1) is 11.1. The van der Waals surface area contributed by atoms with Crippen LogP contribution in [0, 0.1) is 5.92 Å². The van der Waals surface area contributed by atoms with Crippen molar-refractivity contribution in [2.24, 2.45) is 5.92 Å². The van der Waals surface area contributed by atoms with Gasteiger partial charge in [0.15, 0.2) is 0 Å². The summed E-state index contributed by atoms with van der Waals surface area (Å²) in [6, 6.07) is 10.4. The van der Waals surface area contributed by atoms with Crippen LogP contribution in [0.1, 0.15) is 50.6 Å². The van der Waals surface area contributed by atoms with E-state index in [4.69, 9.17) is 0 Å². The summed E-state index contributed by atoms with van der Waals surface area (Å²) >= 11 is 0. The fraction of sp³-hybridized carbons (Fsp3) is 0.632. The van der Waals surface area contributed by atoms with E-state index < -0.39 is 0 Å². The molecule has 2 N–H and O–H groups in total. The topological polar surface area (TPSA) is 52.6 Å². The van der Waals surface area contributed by atoms with Crippen molar-refractivity contribution in [2.45, 2.75) is 51.1 Å². The molecule has 1 amide bonds. The molecule has 1 aliphatic rings. The third kappa shape index (κ3) is 5.33. The minimum absolute atomic E-state index is 0.0185. The molecule has 0 saturated heterocycles. The summed E-state index contributed by atoms with van der Waals surface area (Å²) < 4.78 is 0. The molecule has 128 valence electrons. The van der Waals surface area contributed by atoms with Gasteiger partial charge in [0.1, 0.15) is 0 Å². The molecular weight excluding hydrogens is 288 g/mol. The number of aliphatic hydroxyl groups excluding tert-OH is 1. The number of nitrogens with zero attached hydrogens (tertiary/aromatic N) is 1. The number of aliphatic hydroxyl groups is 1. The molecular formula is C19H30N2O2. The molecule has 0 radical (unpaired) electrons. The molecule has 1 aliphatic carbocycles. The maximum Gasteiger partial charge on any atom is 0.236 e. The smallest absolute Gasteiger partial charge is 0.236 e. The number of hydrogen-bond donors (Lipinski definition) is 2. The maximum atomic E-state index is 12.5. The quantitative estimate of drug-likeness (QED) is 0.813. The van der Waals surface area contributed by atoms with E-state index in [-0.39, 0.29) is 18.6 Å². The van der Waals surface area contributed by atoms with Crippen LogP contribution in [0.4, 0.5) is 0 Å². The van der Waals surface area contributed by atoms with Crippen molar-refractivity contribution in [1.82, 2.24) is 10.2 Å². The molecule has 1 aromatic carbocycles. The van der Waals surface area contributed by atoms with Crippen LogP contribution < -0.4 is 5.32 Å². The predicted molar refractivity (Wildman–Crippen MR) is 93.1 cm³/mol. The molecule has 1 fully saturated rings. The van der Waals surface area contributed by atoms with E-state index in [0.29, 0.717) is 19.0 Å². The Kier molecular flexibility index (Phi) is 7.06. The molecule has 1 atom stereocenters. The van der Waals surface area contributed by atoms with Gasteiger partial charge < -0.3 is 15.3 Å². The molecule has 0 spiro atoms. The van der Waals surface area contributed by atoms with Gasteiger partial charge in [0.2, 0.25) is 5.91 Å². The summed E-state index contributed by atoms with van der Waals surface area (Å²) in [7, 11) is 1.92. The van der Waals surface area contributed by atoms with Crippen LogP contribution in [0.25, 0.3) is 0 Å². The lowest BCUT2D eigenvalue weighted by atomic mass is 9.87. The highest BCUT2D eigenvalue weighted by molar-refractivity contribution is 5.78. The highest BCUT2D eigenvalue weighted by atomic mass is 16.3. The van der Waals surface area contributed by atoms with Gasteiger partial charge in [-0.15, -0.1) is 0 Å². The van der Waals surface area contributed by atoms with Gasteiger partial charge in [0, 0.05) is 25.7 Å². The first-order valence-corrected chi connectivity index (χ1v) is 8.76. The van der Waals surface area contributed by atoms with Crippen LogP contribution in [0.15, 0.2) is 30.3 Å². The number of carbonyl (C=O) groups excluding carboxylic acids is 1. The lowest BCUT2D eigenvalue weighted by molar-refractivity contribution is -0.131. The molecule has 23 heavy (non-hydrogen) atoms. The highest BCUT2D eigenvalue weighted by Gasteiger charge is 2.25. The summed E-state index contributed by atoms with van der Waals surface area (Å²) in [5.41, 5.74) is 1.11. The van der Waals surface area contributed by atoms with Crippen molar-refractivity contribution >= 4 is 5.91 Å². The van der Waals surface area contributed by atoms with Gasteiger partial charge >= 0.3 is 0 Å². The van der Waals surface area contributed by atoms with E-state index in [1.807, 2.05) is 42.3 Å². The molecule has 0 heterocycles. The SMILES string of the molecule is CC1CCC(N(C)C(=O)CNC(CCO)c2ccccc2)CC1. The van der Waals surface area contributed by atoms with E-state index in [1.54, 1.807) is 0 Å². The van der Waals surface area contributed by atoms with Crippen LogP contribution in [0.3, 0.4) is 0 Å². The monoisotopic (exact) mass is 318 g/mol. The number of likely N-dealkylation sites (N-methyl/N-ethyl adjacent to an activating group) is 1. The molecule has 0 aromatic heterocycles. The van der Waals surface area contributed by atoms with Crippen LogP contribution in [0.5, 0.6) is 0 Å². The largest absolute Gasteiger partial charge is 0.396 e. The number of nitrogens with one attached hydrogen (secondary N) is 1. The zero-order valence-corrected chi connectivity index (χ0v) is 14.4. The van der Waals surface area contributed by atoms with Gasteiger partial charge in [-0.3, -0.25) is 4.79 Å². The Morgan fingerprint density at radius 3 is 2.52 bits per heavy atom. The fourth-order valence-electron chi connectivity index (χ4n) is 3.37. The van der Waals surface area contributed by atoms with Crippen LogP contribution >= 0.6 is 0 Å². The molecule has 4 heteroatoms. The number of hydrogen-bond acceptors (Lipinski definition) is 3. The van der Waals surface area contributed by atoms with Crippen molar-refractivity contribution in [3.63, 3.8) is 0 Å². The van der Waals surface area contributed by atoms with Crippen molar-refractivity contribution in [3.05, 3.63) is 35.9 Å². The van der Waals surface area contributed by atoms with Crippen molar-refractivity contribution < 1.29 is 9.90 Å². The minimum atomic E-state index is 0.0185. The highest BCUT2D eigenvalue weighted by Crippen LogP contribution is 2.26. The Balaban J connectivity index is 1.86. The predicted octanol–water partition coefficient (Wildman–Crippen LogP) is 2.74. The second kappa shape index (κ2) is 9.04. The normalized spacial score (nSPS) is 22.6. The van der Waals surface area contributed by atoms with Crippen LogP contribution in [-0.2, 0) is 4.79 Å². The lowest BCUT2D eigenvalue weighted by Gasteiger charge is -2.34. The van der Waals surface area contributed by atoms with Crippen molar-refractivity contribution in [3.8, 4) is 0 Å². The van der Waals surface area contributed by atoms with E-state index in [2.05, 4.69) is 12.2 Å². The second-order valence-corrected chi connectivity index (χ2v) is 6.77. The Morgan fingerprint density at radius 2 is 1.91 bits per heavy atom. The van der Waals surface area contributed by atoms with E-state index in [9.17, 15) is 9.90 Å². The van der Waals surface area contributed by atoms with Gasteiger partial charge in [0.25, 0.3) is 0 Å². The van der Waals surface area contributed by atoms with Crippen LogP contribution in [-0.4, -0.2) is 42.2 Å². The second-order valence-electron chi connectivity index (χ2n) is 6.77. The first kappa shape index (κ1) is 18.0. The Hall–Kier alpha value is -1.39. The maximum absolute atomic E-state index is 12.5. The van der Waals surface area contributed by atoms with Crippen LogP contribution in [0.2, 0.25) is 0 Å². The zero-order chi connectivity index (χ0) is 16.7. The third-order valence-corrected chi connectivity index (χ3v) is 5.05. The molecule has 0 aliphatic heterocycles. The zero-order valence-electron chi connectivity index (χ0n) is 14.4. The summed E-state index contributed by atoms with van der Waals surface area (Å²) in [6.07, 6.45) is 5.27. The lowest BCUT2D eigenvalue weighted by Crippen LogP contribution is -2.44. The fourth-order valence-corrected chi connectivity index (χ4v) is 3.37. The Labute approximate surface area is 139 Å². The summed E-state index contributed by atoms with van der Waals surface area (Å²) in [5, 5.41) is 12.6. The number of carbonyl (C=O) groups is 1. The molecule has 1 aromatic rings. The number of benzene rings is 1. The van der Waals surface area contributed by atoms with Gasteiger partial charge in [-0.2, -0.15) is 0 Å². The average molecular weight is 318 g/mol. The number of amides is 1. The molecule has 4 nitrogen and oxygen atoms in total. The standard InChI is InChI=1S/C19H30N2O2/c1-15-8-10-17(11-9-15)21(2)19(23)14-20-18(12-13-22)16-6-4-3-5-7-16/h3-7,15,17-18,20,22H,8-14H2,1-2H3. The van der Waals surface area contributed by atoms with Gasteiger partial charge in [-0.25, -0.2) is 0 Å². The van der Waals surface area contributed by atoms with Gasteiger partial charge in [-0.05, 0) is 43.6 Å². The summed E-state index contributed by atoms with van der Waals surface area (Å²) in [4.78, 5) is 14.4. The average Bonchev–Trinajstić information content (AvgIpc) is 2.59. The number of rotatable bonds is 7. The molecule has 1 saturated carbocycles. The van der Waals surface area contributed by atoms with Gasteiger partial charge in [0.05, 0.1) is 6.54 Å². The molecule has 2 rings (SSSR count).